The molecule has 1 aliphatic carbocycles. The highest BCUT2D eigenvalue weighted by Gasteiger charge is 2.43. The summed E-state index contributed by atoms with van der Waals surface area (Å²) in [6.45, 7) is 0.444. The predicted octanol–water partition coefficient (Wildman–Crippen LogP) is 2.38. The fraction of sp³-hybridized carbons (Fsp3) is 0.545. The van der Waals surface area contributed by atoms with E-state index in [1.54, 1.807) is 0 Å². The highest BCUT2D eigenvalue weighted by atomic mass is 19.4. The Kier molecular flexibility index (Phi) is 2.66. The van der Waals surface area contributed by atoms with Crippen molar-refractivity contribution in [3.8, 4) is 0 Å². The van der Waals surface area contributed by atoms with E-state index in [4.69, 9.17) is 5.73 Å². The maximum absolute atomic E-state index is 12.7. The summed E-state index contributed by atoms with van der Waals surface area (Å²) in [5.74, 6) is 0. The molecule has 0 radical (unpaired) electrons. The van der Waals surface area contributed by atoms with E-state index in [9.17, 15) is 13.2 Å². The van der Waals surface area contributed by atoms with Crippen LogP contribution in [0.2, 0.25) is 0 Å². The van der Waals surface area contributed by atoms with Gasteiger partial charge in [-0.3, -0.25) is 4.98 Å². The molecule has 0 aromatic carbocycles. The molecule has 0 bridgehead atoms. The zero-order chi connectivity index (χ0) is 11.8. The minimum Gasteiger partial charge on any atom is -0.330 e. The van der Waals surface area contributed by atoms with Crippen molar-refractivity contribution in [3.05, 3.63) is 29.6 Å². The van der Waals surface area contributed by atoms with Crippen LogP contribution in [0.3, 0.4) is 0 Å². The van der Waals surface area contributed by atoms with Gasteiger partial charge in [-0.05, 0) is 42.9 Å². The molecule has 1 aliphatic rings. The SMILES string of the molecule is NCC1(Cc2cnccc2C(F)(F)F)CC1. The van der Waals surface area contributed by atoms with E-state index in [1.165, 1.54) is 12.4 Å². The molecule has 0 saturated heterocycles. The summed E-state index contributed by atoms with van der Waals surface area (Å²) in [7, 11) is 0. The molecule has 16 heavy (non-hydrogen) atoms. The highest BCUT2D eigenvalue weighted by Crippen LogP contribution is 2.48. The van der Waals surface area contributed by atoms with Gasteiger partial charge in [0.2, 0.25) is 0 Å². The van der Waals surface area contributed by atoms with E-state index < -0.39 is 11.7 Å². The molecule has 5 heteroatoms. The quantitative estimate of drug-likeness (QED) is 0.865. The third-order valence-electron chi connectivity index (χ3n) is 3.16. The fourth-order valence-electron chi connectivity index (χ4n) is 1.88. The second kappa shape index (κ2) is 3.73. The van der Waals surface area contributed by atoms with Crippen LogP contribution in [0.15, 0.2) is 18.5 Å². The summed E-state index contributed by atoms with van der Waals surface area (Å²) in [4.78, 5) is 3.76. The van der Waals surface area contributed by atoms with Gasteiger partial charge in [-0.25, -0.2) is 0 Å². The van der Waals surface area contributed by atoms with E-state index in [0.29, 0.717) is 13.0 Å². The molecule has 1 fully saturated rings. The van der Waals surface area contributed by atoms with Gasteiger partial charge in [0.1, 0.15) is 0 Å². The summed E-state index contributed by atoms with van der Waals surface area (Å²) in [5.41, 5.74) is 5.15. The first-order chi connectivity index (χ1) is 7.47. The molecule has 0 amide bonds. The number of aromatic nitrogens is 1. The van der Waals surface area contributed by atoms with Crippen molar-refractivity contribution in [3.63, 3.8) is 0 Å². The van der Waals surface area contributed by atoms with Gasteiger partial charge in [0.05, 0.1) is 5.56 Å². The molecule has 2 nitrogen and oxygen atoms in total. The molecule has 2 rings (SSSR count). The lowest BCUT2D eigenvalue weighted by atomic mass is 9.94. The van der Waals surface area contributed by atoms with Crippen LogP contribution in [-0.4, -0.2) is 11.5 Å². The standard InChI is InChI=1S/C11H13F3N2/c12-11(13,14)9-1-4-16-6-8(9)5-10(7-15)2-3-10/h1,4,6H,2-3,5,7,15H2. The van der Waals surface area contributed by atoms with E-state index >= 15 is 0 Å². The van der Waals surface area contributed by atoms with Crippen molar-refractivity contribution >= 4 is 0 Å². The summed E-state index contributed by atoms with van der Waals surface area (Å²) >= 11 is 0. The number of pyridine rings is 1. The van der Waals surface area contributed by atoms with Crippen LogP contribution < -0.4 is 5.73 Å². The van der Waals surface area contributed by atoms with Gasteiger partial charge in [0, 0.05) is 12.4 Å². The fourth-order valence-corrected chi connectivity index (χ4v) is 1.88. The molecule has 1 aromatic rings. The molecule has 2 N–H and O–H groups in total. The second-order valence-electron chi connectivity index (χ2n) is 4.41. The molecule has 0 atom stereocenters. The molecule has 0 unspecified atom stereocenters. The van der Waals surface area contributed by atoms with E-state index in [0.717, 1.165) is 18.9 Å². The van der Waals surface area contributed by atoms with E-state index in [-0.39, 0.29) is 11.0 Å². The number of halogens is 3. The van der Waals surface area contributed by atoms with Gasteiger partial charge < -0.3 is 5.73 Å². The zero-order valence-electron chi connectivity index (χ0n) is 8.72. The predicted molar refractivity (Wildman–Crippen MR) is 53.7 cm³/mol. The average Bonchev–Trinajstić information content (AvgIpc) is 2.98. The van der Waals surface area contributed by atoms with Crippen molar-refractivity contribution in [1.29, 1.82) is 0 Å². The molecular weight excluding hydrogens is 217 g/mol. The number of rotatable bonds is 3. The van der Waals surface area contributed by atoms with Crippen molar-refractivity contribution in [2.45, 2.75) is 25.4 Å². The van der Waals surface area contributed by atoms with Gasteiger partial charge in [0.15, 0.2) is 0 Å². The highest BCUT2D eigenvalue weighted by molar-refractivity contribution is 5.28. The van der Waals surface area contributed by atoms with Crippen molar-refractivity contribution in [1.82, 2.24) is 4.98 Å². The first-order valence-corrected chi connectivity index (χ1v) is 5.17. The van der Waals surface area contributed by atoms with E-state index in [2.05, 4.69) is 4.98 Å². The Morgan fingerprint density at radius 1 is 1.38 bits per heavy atom. The van der Waals surface area contributed by atoms with Crippen molar-refractivity contribution in [2.75, 3.05) is 6.54 Å². The van der Waals surface area contributed by atoms with Crippen molar-refractivity contribution < 1.29 is 13.2 Å². The first kappa shape index (κ1) is 11.4. The Bertz CT molecular complexity index is 383. The summed E-state index contributed by atoms with van der Waals surface area (Å²) in [6, 6.07) is 1.03. The lowest BCUT2D eigenvalue weighted by Crippen LogP contribution is -2.20. The largest absolute Gasteiger partial charge is 0.416 e. The molecule has 1 heterocycles. The van der Waals surface area contributed by atoms with Crippen LogP contribution >= 0.6 is 0 Å². The topological polar surface area (TPSA) is 38.9 Å². The Morgan fingerprint density at radius 2 is 2.06 bits per heavy atom. The lowest BCUT2D eigenvalue weighted by molar-refractivity contribution is -0.138. The molecule has 1 saturated carbocycles. The Balaban J connectivity index is 2.27. The van der Waals surface area contributed by atoms with Gasteiger partial charge in [-0.2, -0.15) is 13.2 Å². The van der Waals surface area contributed by atoms with Gasteiger partial charge >= 0.3 is 6.18 Å². The molecule has 88 valence electrons. The van der Waals surface area contributed by atoms with Crippen molar-refractivity contribution in [2.24, 2.45) is 11.1 Å². The minimum absolute atomic E-state index is 0.108. The normalized spacial score (nSPS) is 18.5. The molecular formula is C11H13F3N2. The van der Waals surface area contributed by atoms with Gasteiger partial charge in [0.25, 0.3) is 0 Å². The molecule has 0 spiro atoms. The third kappa shape index (κ3) is 2.19. The number of hydrogen-bond donors (Lipinski definition) is 1. The Hall–Kier alpha value is -1.10. The minimum atomic E-state index is -4.30. The monoisotopic (exact) mass is 230 g/mol. The van der Waals surface area contributed by atoms with Crippen LogP contribution in [0.4, 0.5) is 13.2 Å². The number of hydrogen-bond acceptors (Lipinski definition) is 2. The maximum Gasteiger partial charge on any atom is 0.416 e. The number of alkyl halides is 3. The second-order valence-corrected chi connectivity index (χ2v) is 4.41. The number of nitrogens with zero attached hydrogens (tertiary/aromatic N) is 1. The summed E-state index contributed by atoms with van der Waals surface area (Å²) in [6.07, 6.45) is 0.382. The first-order valence-electron chi connectivity index (χ1n) is 5.17. The molecule has 0 aliphatic heterocycles. The van der Waals surface area contributed by atoms with Crippen LogP contribution in [0.5, 0.6) is 0 Å². The maximum atomic E-state index is 12.7. The van der Waals surface area contributed by atoms with E-state index in [1.807, 2.05) is 0 Å². The van der Waals surface area contributed by atoms with Gasteiger partial charge in [-0.15, -0.1) is 0 Å². The van der Waals surface area contributed by atoms with Crippen LogP contribution in [-0.2, 0) is 12.6 Å². The lowest BCUT2D eigenvalue weighted by Gasteiger charge is -2.16. The Morgan fingerprint density at radius 3 is 2.56 bits per heavy atom. The Labute approximate surface area is 91.7 Å². The summed E-state index contributed by atoms with van der Waals surface area (Å²) < 4.78 is 38.1. The van der Waals surface area contributed by atoms with Crippen LogP contribution in [0.1, 0.15) is 24.0 Å². The summed E-state index contributed by atoms with van der Waals surface area (Å²) in [5, 5.41) is 0. The van der Waals surface area contributed by atoms with Crippen LogP contribution in [0.25, 0.3) is 0 Å². The zero-order valence-corrected chi connectivity index (χ0v) is 8.72. The number of nitrogens with two attached hydrogens (primary N) is 1. The van der Waals surface area contributed by atoms with Crippen LogP contribution in [0, 0.1) is 5.41 Å². The smallest absolute Gasteiger partial charge is 0.330 e. The molecule has 1 aromatic heterocycles. The third-order valence-corrected chi connectivity index (χ3v) is 3.16. The van der Waals surface area contributed by atoms with Gasteiger partial charge in [-0.1, -0.05) is 0 Å². The average molecular weight is 230 g/mol.